The average molecular weight is 591 g/mol. The van der Waals surface area contributed by atoms with Crippen molar-refractivity contribution in [1.29, 1.82) is 0 Å². The summed E-state index contributed by atoms with van der Waals surface area (Å²) in [4.78, 5) is 0. The van der Waals surface area contributed by atoms with Crippen LogP contribution in [0.5, 0.6) is 11.5 Å². The fourth-order valence-corrected chi connectivity index (χ4v) is 8.34. The Morgan fingerprint density at radius 3 is 1.73 bits per heavy atom. The second-order valence-electron chi connectivity index (χ2n) is 11.6. The van der Waals surface area contributed by atoms with Gasteiger partial charge in [0.1, 0.15) is 11.5 Å². The second-order valence-corrected chi connectivity index (χ2v) is 12.6. The van der Waals surface area contributed by atoms with Crippen LogP contribution in [0.4, 0.5) is 0 Å². The molecule has 0 aliphatic carbocycles. The minimum atomic E-state index is -0.0295. The molecule has 0 atom stereocenters. The highest BCUT2D eigenvalue weighted by Gasteiger charge is 2.36. The van der Waals surface area contributed by atoms with Gasteiger partial charge in [0.05, 0.1) is 0 Å². The number of hydrogen-bond acceptors (Lipinski definition) is 2. The van der Waals surface area contributed by atoms with Crippen LogP contribution in [-0.2, 0) is 0 Å². The van der Waals surface area contributed by atoms with E-state index in [0.717, 1.165) is 11.5 Å². The van der Waals surface area contributed by atoms with Gasteiger partial charge in [0.15, 0.2) is 0 Å². The van der Waals surface area contributed by atoms with E-state index in [-0.39, 0.29) is 6.71 Å². The largest absolute Gasteiger partial charge is 0.458 e. The summed E-state index contributed by atoms with van der Waals surface area (Å²) in [7, 11) is 0. The molecule has 1 aliphatic heterocycles. The molecule has 9 rings (SSSR count). The van der Waals surface area contributed by atoms with Crippen molar-refractivity contribution in [1.82, 2.24) is 0 Å². The maximum absolute atomic E-state index is 6.53. The Balaban J connectivity index is 1.45. The Hall–Kier alpha value is -5.38. The van der Waals surface area contributed by atoms with Gasteiger partial charge in [-0.25, -0.2) is 0 Å². The molecule has 45 heavy (non-hydrogen) atoms. The highest BCUT2D eigenvalue weighted by molar-refractivity contribution is 7.26. The zero-order valence-electron chi connectivity index (χ0n) is 24.5. The number of hydrogen-bond donors (Lipinski definition) is 0. The number of fused-ring (bicyclic) bond motifs is 5. The number of para-hydroxylation sites is 2. The Kier molecular flexibility index (Phi) is 6.17. The molecule has 0 saturated heterocycles. The van der Waals surface area contributed by atoms with Crippen molar-refractivity contribution in [2.24, 2.45) is 0 Å². The number of thiophene rings is 1. The lowest BCUT2D eigenvalue weighted by molar-refractivity contribution is 0.487. The standard InChI is InChI=1S/C42H27BOS/c1-3-14-28(15-4-1)30-26-27-32(34-20-13-19-33-31-18-7-12-25-39(31)45-42(33)34)40(29-16-5-2-6-17-29)41(30)43-35-21-8-10-23-37(35)44-38-24-11-9-22-36(38)43/h1-27H. The molecular weight excluding hydrogens is 563 g/mol. The van der Waals surface area contributed by atoms with Crippen LogP contribution >= 0.6 is 11.3 Å². The van der Waals surface area contributed by atoms with Crippen LogP contribution in [0.1, 0.15) is 0 Å². The summed E-state index contributed by atoms with van der Waals surface area (Å²) in [6.07, 6.45) is 0. The highest BCUT2D eigenvalue weighted by atomic mass is 32.1. The van der Waals surface area contributed by atoms with Crippen LogP contribution in [0.15, 0.2) is 164 Å². The number of rotatable bonds is 4. The van der Waals surface area contributed by atoms with E-state index in [4.69, 9.17) is 4.74 Å². The van der Waals surface area contributed by atoms with Crippen molar-refractivity contribution in [3.05, 3.63) is 164 Å². The van der Waals surface area contributed by atoms with Crippen molar-refractivity contribution in [2.75, 3.05) is 0 Å². The molecule has 1 aliphatic rings. The van der Waals surface area contributed by atoms with Crippen LogP contribution in [0, 0.1) is 0 Å². The smallest absolute Gasteiger partial charge is 0.252 e. The predicted octanol–water partition coefficient (Wildman–Crippen LogP) is 9.68. The Morgan fingerprint density at radius 1 is 0.422 bits per heavy atom. The van der Waals surface area contributed by atoms with Crippen molar-refractivity contribution in [3.8, 4) is 44.9 Å². The molecule has 0 amide bonds. The third-order valence-electron chi connectivity index (χ3n) is 9.06. The molecule has 8 aromatic rings. The van der Waals surface area contributed by atoms with Gasteiger partial charge in [-0.1, -0.05) is 151 Å². The third kappa shape index (κ3) is 4.23. The average Bonchev–Trinajstić information content (AvgIpc) is 3.50. The van der Waals surface area contributed by atoms with E-state index in [1.165, 1.54) is 69.9 Å². The van der Waals surface area contributed by atoms with E-state index in [2.05, 4.69) is 164 Å². The first-order valence-corrected chi connectivity index (χ1v) is 16.2. The van der Waals surface area contributed by atoms with Gasteiger partial charge >= 0.3 is 0 Å². The van der Waals surface area contributed by atoms with Crippen LogP contribution in [-0.4, -0.2) is 6.71 Å². The molecule has 2 heterocycles. The molecular formula is C42H27BOS. The van der Waals surface area contributed by atoms with E-state index >= 15 is 0 Å². The SMILES string of the molecule is c1ccc(-c2ccc(-c3cccc4c3sc3ccccc34)c(-c3ccccc3)c2B2c3ccccc3Oc3ccccc32)cc1. The summed E-state index contributed by atoms with van der Waals surface area (Å²) in [5.74, 6) is 1.83. The van der Waals surface area contributed by atoms with Crippen molar-refractivity contribution >= 4 is 54.6 Å². The molecule has 210 valence electrons. The lowest BCUT2D eigenvalue weighted by atomic mass is 9.34. The summed E-state index contributed by atoms with van der Waals surface area (Å²) in [6.45, 7) is -0.0295. The van der Waals surface area contributed by atoms with Crippen molar-refractivity contribution in [3.63, 3.8) is 0 Å². The monoisotopic (exact) mass is 590 g/mol. The molecule has 0 radical (unpaired) electrons. The van der Waals surface area contributed by atoms with E-state index in [1.807, 2.05) is 11.3 Å². The Labute approximate surface area is 267 Å². The second kappa shape index (κ2) is 10.7. The van der Waals surface area contributed by atoms with Gasteiger partial charge < -0.3 is 4.74 Å². The van der Waals surface area contributed by atoms with E-state index < -0.39 is 0 Å². The van der Waals surface area contributed by atoms with E-state index in [1.54, 1.807) is 0 Å². The Bertz CT molecular complexity index is 2310. The lowest BCUT2D eigenvalue weighted by Crippen LogP contribution is -2.56. The first kappa shape index (κ1) is 26.1. The van der Waals surface area contributed by atoms with Gasteiger partial charge in [0.2, 0.25) is 0 Å². The summed E-state index contributed by atoms with van der Waals surface area (Å²) < 4.78 is 9.16. The lowest BCUT2D eigenvalue weighted by Gasteiger charge is -2.31. The van der Waals surface area contributed by atoms with Crippen molar-refractivity contribution < 1.29 is 4.74 Å². The first-order chi connectivity index (χ1) is 22.3. The first-order valence-electron chi connectivity index (χ1n) is 15.4. The molecule has 3 heteroatoms. The summed E-state index contributed by atoms with van der Waals surface area (Å²) in [5, 5.41) is 2.62. The molecule has 0 saturated carbocycles. The van der Waals surface area contributed by atoms with Crippen LogP contribution in [0.2, 0.25) is 0 Å². The van der Waals surface area contributed by atoms with Gasteiger partial charge in [0.25, 0.3) is 6.71 Å². The Morgan fingerprint density at radius 2 is 1.00 bits per heavy atom. The highest BCUT2D eigenvalue weighted by Crippen LogP contribution is 2.43. The molecule has 0 bridgehead atoms. The van der Waals surface area contributed by atoms with Crippen molar-refractivity contribution in [2.45, 2.75) is 0 Å². The molecule has 0 spiro atoms. The zero-order chi connectivity index (χ0) is 29.7. The van der Waals surface area contributed by atoms with Crippen LogP contribution in [0.3, 0.4) is 0 Å². The van der Waals surface area contributed by atoms with Crippen LogP contribution in [0.25, 0.3) is 53.6 Å². The normalized spacial score (nSPS) is 12.1. The fraction of sp³-hybridized carbons (Fsp3) is 0. The van der Waals surface area contributed by atoms with Gasteiger partial charge in [-0.15, -0.1) is 11.3 Å². The topological polar surface area (TPSA) is 9.23 Å². The number of benzene rings is 7. The molecule has 1 aromatic heterocycles. The minimum absolute atomic E-state index is 0.0295. The molecule has 0 N–H and O–H groups in total. The summed E-state index contributed by atoms with van der Waals surface area (Å²) in [5.41, 5.74) is 11.1. The predicted molar refractivity (Wildman–Crippen MR) is 193 cm³/mol. The van der Waals surface area contributed by atoms with Gasteiger partial charge in [-0.2, -0.15) is 0 Å². The third-order valence-corrected chi connectivity index (χ3v) is 10.3. The summed E-state index contributed by atoms with van der Waals surface area (Å²) >= 11 is 1.89. The summed E-state index contributed by atoms with van der Waals surface area (Å²) in [6, 6.07) is 59.1. The van der Waals surface area contributed by atoms with Gasteiger partial charge in [0, 0.05) is 25.7 Å². The minimum Gasteiger partial charge on any atom is -0.458 e. The molecule has 1 nitrogen and oxygen atoms in total. The maximum atomic E-state index is 6.53. The van der Waals surface area contributed by atoms with E-state index in [0.29, 0.717) is 0 Å². The van der Waals surface area contributed by atoms with Crippen LogP contribution < -0.4 is 21.1 Å². The zero-order valence-corrected chi connectivity index (χ0v) is 25.3. The molecule has 0 fully saturated rings. The van der Waals surface area contributed by atoms with E-state index in [9.17, 15) is 0 Å². The van der Waals surface area contributed by atoms with Gasteiger partial charge in [-0.05, 0) is 56.9 Å². The van der Waals surface area contributed by atoms with Gasteiger partial charge in [-0.3, -0.25) is 0 Å². The quantitative estimate of drug-likeness (QED) is 0.186. The number of ether oxygens (including phenoxy) is 1. The maximum Gasteiger partial charge on any atom is 0.252 e. The molecule has 7 aromatic carbocycles. The molecule has 0 unspecified atom stereocenters. The fourth-order valence-electron chi connectivity index (χ4n) is 7.11.